The first kappa shape index (κ1) is 15.2. The summed E-state index contributed by atoms with van der Waals surface area (Å²) in [5.74, 6) is 1.68. The molecule has 1 aromatic rings. The van der Waals surface area contributed by atoms with E-state index < -0.39 is 0 Å². The lowest BCUT2D eigenvalue weighted by molar-refractivity contribution is 0.372. The van der Waals surface area contributed by atoms with Crippen LogP contribution in [0.2, 0.25) is 0 Å². The van der Waals surface area contributed by atoms with Crippen LogP contribution in [0, 0.1) is 5.92 Å². The first-order valence-electron chi connectivity index (χ1n) is 7.52. The zero-order chi connectivity index (χ0) is 14.4. The molecule has 0 atom stereocenters. The van der Waals surface area contributed by atoms with Crippen molar-refractivity contribution in [1.82, 2.24) is 10.2 Å². The second kappa shape index (κ2) is 7.53. The summed E-state index contributed by atoms with van der Waals surface area (Å²) in [7, 11) is 0. The molecule has 2 heterocycles. The van der Waals surface area contributed by atoms with E-state index >= 15 is 0 Å². The van der Waals surface area contributed by atoms with Crippen LogP contribution >= 0.6 is 11.3 Å². The summed E-state index contributed by atoms with van der Waals surface area (Å²) in [6, 6.07) is 4.33. The van der Waals surface area contributed by atoms with Gasteiger partial charge in [0.15, 0.2) is 5.96 Å². The monoisotopic (exact) mass is 294 g/mol. The lowest BCUT2D eigenvalue weighted by atomic mass is 10.2. The average Bonchev–Trinajstić information content (AvgIpc) is 2.97. The van der Waals surface area contributed by atoms with Gasteiger partial charge < -0.3 is 15.1 Å². The molecule has 1 aliphatic heterocycles. The van der Waals surface area contributed by atoms with E-state index in [0.29, 0.717) is 5.92 Å². The first-order chi connectivity index (χ1) is 9.70. The molecule has 112 valence electrons. The normalized spacial score (nSPS) is 16.9. The molecule has 1 N–H and O–H groups in total. The Hall–Kier alpha value is -1.23. The maximum absolute atomic E-state index is 4.74. The van der Waals surface area contributed by atoms with Gasteiger partial charge in [0.2, 0.25) is 0 Å². The number of rotatable bonds is 4. The second-order valence-corrected chi connectivity index (χ2v) is 6.44. The summed E-state index contributed by atoms with van der Waals surface area (Å²) in [6.07, 6.45) is 0. The highest BCUT2D eigenvalue weighted by molar-refractivity contribution is 7.14. The van der Waals surface area contributed by atoms with Gasteiger partial charge in [0.05, 0.1) is 5.00 Å². The third-order valence-corrected chi connectivity index (χ3v) is 4.27. The molecule has 1 fully saturated rings. The predicted molar refractivity (Wildman–Crippen MR) is 88.9 cm³/mol. The van der Waals surface area contributed by atoms with E-state index in [-0.39, 0.29) is 0 Å². The van der Waals surface area contributed by atoms with Gasteiger partial charge >= 0.3 is 0 Å². The van der Waals surface area contributed by atoms with Crippen molar-refractivity contribution in [3.63, 3.8) is 0 Å². The summed E-state index contributed by atoms with van der Waals surface area (Å²) in [4.78, 5) is 9.59. The van der Waals surface area contributed by atoms with Crippen molar-refractivity contribution in [2.45, 2.75) is 20.8 Å². The molecule has 1 saturated heterocycles. The van der Waals surface area contributed by atoms with Crippen LogP contribution in [-0.2, 0) is 0 Å². The molecule has 0 aromatic carbocycles. The first-order valence-corrected chi connectivity index (χ1v) is 8.40. The van der Waals surface area contributed by atoms with Gasteiger partial charge in [-0.15, -0.1) is 11.3 Å². The van der Waals surface area contributed by atoms with Crippen molar-refractivity contribution in [2.75, 3.05) is 44.2 Å². The van der Waals surface area contributed by atoms with Crippen LogP contribution in [-0.4, -0.2) is 50.1 Å². The highest BCUT2D eigenvalue weighted by Crippen LogP contribution is 2.22. The quantitative estimate of drug-likeness (QED) is 0.684. The van der Waals surface area contributed by atoms with Gasteiger partial charge in [0.25, 0.3) is 0 Å². The van der Waals surface area contributed by atoms with E-state index in [2.05, 4.69) is 53.4 Å². The van der Waals surface area contributed by atoms with Crippen molar-refractivity contribution in [3.05, 3.63) is 17.5 Å². The van der Waals surface area contributed by atoms with Crippen LogP contribution in [0.3, 0.4) is 0 Å². The molecule has 0 aliphatic carbocycles. The van der Waals surface area contributed by atoms with E-state index in [1.165, 1.54) is 5.00 Å². The number of thiophene rings is 1. The number of aliphatic imine (C=N–C) groups is 1. The minimum Gasteiger partial charge on any atom is -0.360 e. The fourth-order valence-electron chi connectivity index (χ4n) is 2.28. The summed E-state index contributed by atoms with van der Waals surface area (Å²) in [5, 5.41) is 6.95. The van der Waals surface area contributed by atoms with E-state index in [0.717, 1.165) is 45.2 Å². The maximum Gasteiger partial charge on any atom is 0.194 e. The molecule has 0 spiro atoms. The van der Waals surface area contributed by atoms with Crippen molar-refractivity contribution >= 4 is 22.3 Å². The topological polar surface area (TPSA) is 30.9 Å². The molecule has 4 nitrogen and oxygen atoms in total. The smallest absolute Gasteiger partial charge is 0.194 e. The lowest BCUT2D eigenvalue weighted by Crippen LogP contribution is -2.52. The fourth-order valence-corrected chi connectivity index (χ4v) is 3.07. The van der Waals surface area contributed by atoms with Crippen LogP contribution < -0.4 is 10.2 Å². The van der Waals surface area contributed by atoms with Crippen LogP contribution in [0.5, 0.6) is 0 Å². The minimum absolute atomic E-state index is 0.607. The van der Waals surface area contributed by atoms with Gasteiger partial charge in [0.1, 0.15) is 0 Å². The Morgan fingerprint density at radius 2 is 2.10 bits per heavy atom. The van der Waals surface area contributed by atoms with Crippen molar-refractivity contribution < 1.29 is 0 Å². The Morgan fingerprint density at radius 3 is 2.65 bits per heavy atom. The Kier molecular flexibility index (Phi) is 5.71. The number of anilines is 1. The van der Waals surface area contributed by atoms with E-state index in [4.69, 9.17) is 4.99 Å². The van der Waals surface area contributed by atoms with Crippen molar-refractivity contribution in [1.29, 1.82) is 0 Å². The van der Waals surface area contributed by atoms with Gasteiger partial charge in [-0.05, 0) is 30.4 Å². The minimum atomic E-state index is 0.607. The molecule has 0 bridgehead atoms. The van der Waals surface area contributed by atoms with Crippen LogP contribution in [0.25, 0.3) is 0 Å². The molecular formula is C15H26N4S. The summed E-state index contributed by atoms with van der Waals surface area (Å²) < 4.78 is 0. The number of nitrogens with one attached hydrogen (secondary N) is 1. The Labute approximate surface area is 126 Å². The average molecular weight is 294 g/mol. The lowest BCUT2D eigenvalue weighted by Gasteiger charge is -2.37. The molecule has 0 saturated carbocycles. The number of nitrogens with zero attached hydrogens (tertiary/aromatic N) is 3. The Balaban J connectivity index is 1.91. The van der Waals surface area contributed by atoms with Crippen molar-refractivity contribution in [2.24, 2.45) is 10.9 Å². The number of guanidine groups is 1. The molecule has 0 unspecified atom stereocenters. The fraction of sp³-hybridized carbons (Fsp3) is 0.667. The predicted octanol–water partition coefficient (Wildman–Crippen LogP) is 2.49. The van der Waals surface area contributed by atoms with E-state index in [9.17, 15) is 0 Å². The molecule has 0 amide bonds. The van der Waals surface area contributed by atoms with Crippen LogP contribution in [0.1, 0.15) is 20.8 Å². The summed E-state index contributed by atoms with van der Waals surface area (Å²) in [6.45, 7) is 12.6. The highest BCUT2D eigenvalue weighted by atomic mass is 32.1. The summed E-state index contributed by atoms with van der Waals surface area (Å²) in [5.41, 5.74) is 0. The van der Waals surface area contributed by atoms with Crippen LogP contribution in [0.15, 0.2) is 22.5 Å². The number of hydrogen-bond donors (Lipinski definition) is 1. The van der Waals surface area contributed by atoms with Crippen LogP contribution in [0.4, 0.5) is 5.00 Å². The third-order valence-electron chi connectivity index (χ3n) is 3.34. The van der Waals surface area contributed by atoms with E-state index in [1.54, 1.807) is 0 Å². The van der Waals surface area contributed by atoms with Gasteiger partial charge in [-0.2, -0.15) is 0 Å². The molecule has 0 radical (unpaired) electrons. The zero-order valence-electron chi connectivity index (χ0n) is 12.8. The maximum atomic E-state index is 4.74. The Morgan fingerprint density at radius 1 is 1.35 bits per heavy atom. The molecule has 1 aromatic heterocycles. The molecule has 20 heavy (non-hydrogen) atoms. The second-order valence-electron chi connectivity index (χ2n) is 5.51. The largest absolute Gasteiger partial charge is 0.360 e. The van der Waals surface area contributed by atoms with Gasteiger partial charge in [0, 0.05) is 39.3 Å². The molecule has 2 rings (SSSR count). The third kappa shape index (κ3) is 4.13. The number of piperazine rings is 1. The molecule has 5 heteroatoms. The SMILES string of the molecule is CCNC(=NCC(C)C)N1CCN(c2cccs2)CC1. The zero-order valence-corrected chi connectivity index (χ0v) is 13.6. The number of hydrogen-bond acceptors (Lipinski definition) is 3. The van der Waals surface area contributed by atoms with Gasteiger partial charge in [-0.25, -0.2) is 0 Å². The van der Waals surface area contributed by atoms with Gasteiger partial charge in [-0.3, -0.25) is 4.99 Å². The van der Waals surface area contributed by atoms with E-state index in [1.807, 2.05) is 11.3 Å². The van der Waals surface area contributed by atoms with Crippen molar-refractivity contribution in [3.8, 4) is 0 Å². The Bertz CT molecular complexity index is 406. The molecular weight excluding hydrogens is 268 g/mol. The summed E-state index contributed by atoms with van der Waals surface area (Å²) >= 11 is 1.83. The molecule has 1 aliphatic rings. The highest BCUT2D eigenvalue weighted by Gasteiger charge is 2.20. The van der Waals surface area contributed by atoms with Gasteiger partial charge in [-0.1, -0.05) is 13.8 Å². The standard InChI is InChI=1S/C15H26N4S/c1-4-16-15(17-12-13(2)3)19-9-7-18(8-10-19)14-6-5-11-20-14/h5-6,11,13H,4,7-10,12H2,1-3H3,(H,16,17).